The number of nitro benzene ring substituents is 1. The largest absolute Gasteiger partial charge is 0.345 e. The molecule has 2 rings (SSSR count). The predicted molar refractivity (Wildman–Crippen MR) is 67.2 cm³/mol. The number of amides is 1. The normalized spacial score (nSPS) is 19.8. The SMILES string of the molecule is O=C(NC1C=CS(=O)(=O)C1)c1cc(F)ccc1[N+](=O)[O-]. The number of carbonyl (C=O) groups is 1. The number of carbonyl (C=O) groups excluding carboxylic acids is 1. The van der Waals surface area contributed by atoms with Gasteiger partial charge in [-0.3, -0.25) is 14.9 Å². The average Bonchev–Trinajstić information content (AvgIpc) is 2.68. The molecule has 0 spiro atoms. The molecule has 0 aliphatic carbocycles. The number of rotatable bonds is 3. The van der Waals surface area contributed by atoms with Crippen LogP contribution in [0.1, 0.15) is 10.4 Å². The van der Waals surface area contributed by atoms with Crippen molar-refractivity contribution in [2.45, 2.75) is 6.04 Å². The average molecular weight is 300 g/mol. The minimum atomic E-state index is -3.36. The molecule has 1 heterocycles. The highest BCUT2D eigenvalue weighted by Gasteiger charge is 2.26. The van der Waals surface area contributed by atoms with Crippen molar-refractivity contribution in [3.8, 4) is 0 Å². The van der Waals surface area contributed by atoms with Crippen LogP contribution in [-0.2, 0) is 9.84 Å². The predicted octanol–water partition coefficient (Wildman–Crippen LogP) is 0.774. The van der Waals surface area contributed by atoms with Gasteiger partial charge in [-0.1, -0.05) is 0 Å². The van der Waals surface area contributed by atoms with Crippen molar-refractivity contribution in [3.05, 3.63) is 51.2 Å². The van der Waals surface area contributed by atoms with Crippen molar-refractivity contribution in [2.75, 3.05) is 5.75 Å². The van der Waals surface area contributed by atoms with Gasteiger partial charge < -0.3 is 5.32 Å². The van der Waals surface area contributed by atoms with E-state index in [9.17, 15) is 27.7 Å². The maximum Gasteiger partial charge on any atom is 0.282 e. The van der Waals surface area contributed by atoms with Gasteiger partial charge in [0.05, 0.1) is 16.7 Å². The number of hydrogen-bond acceptors (Lipinski definition) is 5. The molecule has 0 radical (unpaired) electrons. The van der Waals surface area contributed by atoms with Crippen molar-refractivity contribution in [2.24, 2.45) is 0 Å². The third-order valence-corrected chi connectivity index (χ3v) is 4.04. The standard InChI is InChI=1S/C11H9FN2O5S/c12-7-1-2-10(14(16)17)9(5-7)11(15)13-8-3-4-20(18,19)6-8/h1-5,8H,6H2,(H,13,15). The van der Waals surface area contributed by atoms with Crippen LogP contribution in [0.2, 0.25) is 0 Å². The van der Waals surface area contributed by atoms with Crippen molar-refractivity contribution < 1.29 is 22.5 Å². The van der Waals surface area contributed by atoms with E-state index in [-0.39, 0.29) is 5.75 Å². The van der Waals surface area contributed by atoms with Gasteiger partial charge in [0.2, 0.25) is 0 Å². The lowest BCUT2D eigenvalue weighted by Gasteiger charge is -2.10. The summed E-state index contributed by atoms with van der Waals surface area (Å²) in [6.45, 7) is 0. The van der Waals surface area contributed by atoms with E-state index in [2.05, 4.69) is 5.32 Å². The van der Waals surface area contributed by atoms with E-state index in [0.29, 0.717) is 0 Å². The Hall–Kier alpha value is -2.29. The molecule has 0 saturated heterocycles. The number of benzene rings is 1. The Morgan fingerprint density at radius 2 is 2.15 bits per heavy atom. The molecule has 1 aliphatic heterocycles. The molecular formula is C11H9FN2O5S. The summed E-state index contributed by atoms with van der Waals surface area (Å²) in [5.74, 6) is -2.01. The van der Waals surface area contributed by atoms with Crippen molar-refractivity contribution in [3.63, 3.8) is 0 Å². The second kappa shape index (κ2) is 5.00. The molecule has 1 amide bonds. The minimum absolute atomic E-state index is 0.318. The molecule has 1 atom stereocenters. The molecule has 1 aliphatic rings. The summed E-state index contributed by atoms with van der Waals surface area (Å²) in [5.41, 5.74) is -0.999. The lowest BCUT2D eigenvalue weighted by atomic mass is 10.1. The van der Waals surface area contributed by atoms with Gasteiger partial charge in [0.15, 0.2) is 9.84 Å². The van der Waals surface area contributed by atoms with Gasteiger partial charge in [0.25, 0.3) is 11.6 Å². The summed E-state index contributed by atoms with van der Waals surface area (Å²) in [6.07, 6.45) is 1.26. The zero-order valence-corrected chi connectivity index (χ0v) is 10.8. The lowest BCUT2D eigenvalue weighted by molar-refractivity contribution is -0.385. The number of nitrogens with one attached hydrogen (secondary N) is 1. The second-order valence-corrected chi connectivity index (χ2v) is 6.09. The molecule has 20 heavy (non-hydrogen) atoms. The van der Waals surface area contributed by atoms with Crippen molar-refractivity contribution >= 4 is 21.4 Å². The van der Waals surface area contributed by atoms with Crippen LogP contribution in [0.15, 0.2) is 29.7 Å². The minimum Gasteiger partial charge on any atom is -0.345 e. The highest BCUT2D eigenvalue weighted by atomic mass is 32.2. The van der Waals surface area contributed by atoms with Gasteiger partial charge >= 0.3 is 0 Å². The maximum atomic E-state index is 13.1. The Kier molecular flexibility index (Phi) is 3.53. The molecule has 7 nitrogen and oxygen atoms in total. The van der Waals surface area contributed by atoms with Gasteiger partial charge in [0.1, 0.15) is 11.4 Å². The molecule has 1 aromatic carbocycles. The molecule has 0 fully saturated rings. The summed E-state index contributed by atoms with van der Waals surface area (Å²) < 4.78 is 35.5. The van der Waals surface area contributed by atoms with Crippen molar-refractivity contribution in [1.82, 2.24) is 5.32 Å². The van der Waals surface area contributed by atoms with E-state index in [0.717, 1.165) is 23.6 Å². The van der Waals surface area contributed by atoms with E-state index in [1.807, 2.05) is 0 Å². The number of halogens is 1. The summed E-state index contributed by atoms with van der Waals surface area (Å²) in [6, 6.07) is 1.70. The van der Waals surface area contributed by atoms with Gasteiger partial charge in [-0.2, -0.15) is 0 Å². The third kappa shape index (κ3) is 2.99. The first-order valence-electron chi connectivity index (χ1n) is 5.44. The maximum absolute atomic E-state index is 13.1. The topological polar surface area (TPSA) is 106 Å². The monoisotopic (exact) mass is 300 g/mol. The van der Waals surface area contributed by atoms with E-state index in [4.69, 9.17) is 0 Å². The van der Waals surface area contributed by atoms with Gasteiger partial charge in [0, 0.05) is 11.5 Å². The van der Waals surface area contributed by atoms with Crippen LogP contribution in [0.5, 0.6) is 0 Å². The Balaban J connectivity index is 2.24. The zero-order valence-electron chi connectivity index (χ0n) is 9.95. The smallest absolute Gasteiger partial charge is 0.282 e. The fourth-order valence-corrected chi connectivity index (χ4v) is 3.00. The van der Waals surface area contributed by atoms with Gasteiger partial charge in [-0.05, 0) is 18.2 Å². The highest BCUT2D eigenvalue weighted by Crippen LogP contribution is 2.20. The van der Waals surface area contributed by atoms with Crippen LogP contribution < -0.4 is 5.32 Å². The van der Waals surface area contributed by atoms with Crippen molar-refractivity contribution in [1.29, 1.82) is 0 Å². The van der Waals surface area contributed by atoms with Crippen LogP contribution in [0.25, 0.3) is 0 Å². The summed E-state index contributed by atoms with van der Waals surface area (Å²) >= 11 is 0. The first-order valence-corrected chi connectivity index (χ1v) is 7.16. The first-order chi connectivity index (χ1) is 9.28. The Morgan fingerprint density at radius 1 is 1.45 bits per heavy atom. The fourth-order valence-electron chi connectivity index (χ4n) is 1.76. The Labute approximate surface area is 113 Å². The summed E-state index contributed by atoms with van der Waals surface area (Å²) in [5, 5.41) is 14.0. The second-order valence-electron chi connectivity index (χ2n) is 4.16. The first kappa shape index (κ1) is 14.1. The molecule has 0 saturated carbocycles. The van der Waals surface area contributed by atoms with Gasteiger partial charge in [-0.15, -0.1) is 0 Å². The fraction of sp³-hybridized carbons (Fsp3) is 0.182. The Bertz CT molecular complexity index is 714. The quantitative estimate of drug-likeness (QED) is 0.655. The van der Waals surface area contributed by atoms with Crippen LogP contribution in [0, 0.1) is 15.9 Å². The van der Waals surface area contributed by atoms with E-state index in [1.165, 1.54) is 6.08 Å². The number of sulfone groups is 1. The number of nitrogens with zero attached hydrogens (tertiary/aromatic N) is 1. The zero-order chi connectivity index (χ0) is 14.9. The summed E-state index contributed by atoms with van der Waals surface area (Å²) in [4.78, 5) is 21.8. The molecular weight excluding hydrogens is 291 g/mol. The molecule has 0 bridgehead atoms. The molecule has 1 unspecified atom stereocenters. The lowest BCUT2D eigenvalue weighted by Crippen LogP contribution is -2.35. The van der Waals surface area contributed by atoms with Crippen LogP contribution >= 0.6 is 0 Å². The molecule has 1 aromatic rings. The van der Waals surface area contributed by atoms with E-state index < -0.39 is 43.8 Å². The van der Waals surface area contributed by atoms with Crippen LogP contribution in [-0.4, -0.2) is 31.0 Å². The van der Waals surface area contributed by atoms with Gasteiger partial charge in [-0.25, -0.2) is 12.8 Å². The summed E-state index contributed by atoms with van der Waals surface area (Å²) in [7, 11) is -3.36. The molecule has 9 heteroatoms. The molecule has 1 N–H and O–H groups in total. The van der Waals surface area contributed by atoms with E-state index in [1.54, 1.807) is 0 Å². The molecule has 0 aromatic heterocycles. The Morgan fingerprint density at radius 3 is 2.70 bits per heavy atom. The molecule has 106 valence electrons. The van der Waals surface area contributed by atoms with Crippen LogP contribution in [0.4, 0.5) is 10.1 Å². The number of nitro groups is 1. The highest BCUT2D eigenvalue weighted by molar-refractivity contribution is 7.94. The third-order valence-electron chi connectivity index (χ3n) is 2.65. The van der Waals surface area contributed by atoms with E-state index >= 15 is 0 Å². The number of hydrogen-bond donors (Lipinski definition) is 1. The van der Waals surface area contributed by atoms with Crippen LogP contribution in [0.3, 0.4) is 0 Å².